The van der Waals surface area contributed by atoms with Crippen LogP contribution in [-0.2, 0) is 43.0 Å². The third kappa shape index (κ3) is 3.88. The van der Waals surface area contributed by atoms with Crippen LogP contribution in [0, 0.1) is 0 Å². The summed E-state index contributed by atoms with van der Waals surface area (Å²) < 4.78 is 30.6. The first-order chi connectivity index (χ1) is 13.0. The van der Waals surface area contributed by atoms with Gasteiger partial charge in [-0.3, -0.25) is 0 Å². The third-order valence-corrected chi connectivity index (χ3v) is 7.91. The van der Waals surface area contributed by atoms with E-state index in [1.165, 1.54) is 17.5 Å². The molecule has 0 aliphatic heterocycles. The number of nitrogens with zero attached hydrogens (tertiary/aromatic N) is 2. The summed E-state index contributed by atoms with van der Waals surface area (Å²) >= 11 is 1.59. The summed E-state index contributed by atoms with van der Waals surface area (Å²) in [6, 6.07) is 13.6. The largest absolute Gasteiger partial charge is 0.353 e. The lowest BCUT2D eigenvalue weighted by atomic mass is 9.92. The highest BCUT2D eigenvalue weighted by atomic mass is 32.2. The third-order valence-electron chi connectivity index (χ3n) is 5.26. The van der Waals surface area contributed by atoms with Gasteiger partial charge in [0.25, 0.3) is 0 Å². The number of aryl methyl sites for hydroxylation is 3. The highest BCUT2D eigenvalue weighted by Crippen LogP contribution is 2.28. The van der Waals surface area contributed by atoms with Crippen LogP contribution < -0.4 is 0 Å². The summed E-state index contributed by atoms with van der Waals surface area (Å²) in [7, 11) is -1.63. The van der Waals surface area contributed by atoms with Crippen LogP contribution in [0.25, 0.3) is 0 Å². The van der Waals surface area contributed by atoms with Crippen molar-refractivity contribution in [3.63, 3.8) is 0 Å². The normalized spacial score (nSPS) is 14.4. The first-order valence-corrected chi connectivity index (χ1v) is 11.6. The van der Waals surface area contributed by atoms with Crippen molar-refractivity contribution in [3.8, 4) is 0 Å². The summed E-state index contributed by atoms with van der Waals surface area (Å²) in [4.78, 5) is 1.46. The van der Waals surface area contributed by atoms with E-state index in [-0.39, 0.29) is 0 Å². The van der Waals surface area contributed by atoms with E-state index in [4.69, 9.17) is 0 Å². The Morgan fingerprint density at radius 3 is 2.56 bits per heavy atom. The number of thiophene rings is 1. The van der Waals surface area contributed by atoms with Crippen LogP contribution in [-0.4, -0.2) is 17.3 Å². The van der Waals surface area contributed by atoms with Crippen molar-refractivity contribution in [2.24, 2.45) is 7.05 Å². The summed E-state index contributed by atoms with van der Waals surface area (Å²) in [5.74, 6) is 0. The molecule has 2 heterocycles. The highest BCUT2D eigenvalue weighted by Gasteiger charge is 2.27. The van der Waals surface area contributed by atoms with Gasteiger partial charge < -0.3 is 4.57 Å². The Bertz CT molecular complexity index is 1020. The Kier molecular flexibility index (Phi) is 5.21. The SMILES string of the molecule is Cn1cccc1CN(Cc1cccs1)S(=O)(=O)c1ccc2c(c1)CCCC2. The van der Waals surface area contributed by atoms with Gasteiger partial charge in [0.05, 0.1) is 11.4 Å². The minimum atomic E-state index is -3.58. The minimum absolute atomic E-state index is 0.362. The van der Waals surface area contributed by atoms with Gasteiger partial charge in [-0.05, 0) is 72.5 Å². The van der Waals surface area contributed by atoms with Gasteiger partial charge in [-0.15, -0.1) is 11.3 Å². The van der Waals surface area contributed by atoms with Gasteiger partial charge in [0.2, 0.25) is 10.0 Å². The lowest BCUT2D eigenvalue weighted by Crippen LogP contribution is -2.31. The molecule has 4 rings (SSSR count). The predicted octanol–water partition coefficient (Wildman–Crippen LogP) is 4.36. The van der Waals surface area contributed by atoms with Crippen molar-refractivity contribution in [1.82, 2.24) is 8.87 Å². The monoisotopic (exact) mass is 400 g/mol. The number of sulfonamides is 1. The van der Waals surface area contributed by atoms with Gasteiger partial charge in [0.15, 0.2) is 0 Å². The van der Waals surface area contributed by atoms with E-state index < -0.39 is 10.0 Å². The van der Waals surface area contributed by atoms with Gasteiger partial charge >= 0.3 is 0 Å². The highest BCUT2D eigenvalue weighted by molar-refractivity contribution is 7.89. The molecule has 0 saturated carbocycles. The molecular formula is C21H24N2O2S2. The van der Waals surface area contributed by atoms with Crippen LogP contribution in [0.4, 0.5) is 0 Å². The van der Waals surface area contributed by atoms with Gasteiger partial charge in [-0.2, -0.15) is 4.31 Å². The number of rotatable bonds is 6. The molecule has 0 unspecified atom stereocenters. The van der Waals surface area contributed by atoms with Crippen molar-refractivity contribution < 1.29 is 8.42 Å². The van der Waals surface area contributed by atoms with Crippen molar-refractivity contribution >= 4 is 21.4 Å². The molecule has 27 heavy (non-hydrogen) atoms. The lowest BCUT2D eigenvalue weighted by Gasteiger charge is -2.23. The first kappa shape index (κ1) is 18.5. The van der Waals surface area contributed by atoms with E-state index >= 15 is 0 Å². The molecule has 3 aromatic rings. The zero-order valence-corrected chi connectivity index (χ0v) is 17.1. The van der Waals surface area contributed by atoms with Gasteiger partial charge in [0.1, 0.15) is 0 Å². The maximum Gasteiger partial charge on any atom is 0.243 e. The summed E-state index contributed by atoms with van der Waals surface area (Å²) in [6.07, 6.45) is 6.30. The zero-order valence-electron chi connectivity index (χ0n) is 15.5. The molecule has 0 radical (unpaired) electrons. The molecule has 1 aliphatic carbocycles. The average Bonchev–Trinajstić information content (AvgIpc) is 3.33. The average molecular weight is 401 g/mol. The molecule has 6 heteroatoms. The molecule has 0 bridgehead atoms. The molecule has 0 spiro atoms. The smallest absolute Gasteiger partial charge is 0.243 e. The van der Waals surface area contributed by atoms with Gasteiger partial charge in [-0.1, -0.05) is 12.1 Å². The molecule has 0 saturated heterocycles. The quantitative estimate of drug-likeness (QED) is 0.617. The second kappa shape index (κ2) is 7.62. The van der Waals surface area contributed by atoms with E-state index in [9.17, 15) is 8.42 Å². The fourth-order valence-corrected chi connectivity index (χ4v) is 5.90. The maximum atomic E-state index is 13.5. The number of fused-ring (bicyclic) bond motifs is 1. The summed E-state index contributed by atoms with van der Waals surface area (Å²) in [5, 5.41) is 1.99. The van der Waals surface area contributed by atoms with Crippen molar-refractivity contribution in [3.05, 3.63) is 75.7 Å². The van der Waals surface area contributed by atoms with Gasteiger partial charge in [-0.25, -0.2) is 8.42 Å². The van der Waals surface area contributed by atoms with E-state index in [1.54, 1.807) is 21.7 Å². The fourth-order valence-electron chi connectivity index (χ4n) is 3.66. The zero-order chi connectivity index (χ0) is 18.9. The molecule has 4 nitrogen and oxygen atoms in total. The van der Waals surface area contributed by atoms with Crippen LogP contribution in [0.2, 0.25) is 0 Å². The number of benzene rings is 1. The summed E-state index contributed by atoms with van der Waals surface area (Å²) in [5.41, 5.74) is 3.47. The van der Waals surface area contributed by atoms with Crippen molar-refractivity contribution in [1.29, 1.82) is 0 Å². The Morgan fingerprint density at radius 1 is 1.04 bits per heavy atom. The van der Waals surface area contributed by atoms with Crippen LogP contribution in [0.3, 0.4) is 0 Å². The van der Waals surface area contributed by atoms with Crippen LogP contribution in [0.15, 0.2) is 58.9 Å². The molecule has 2 aromatic heterocycles. The van der Waals surface area contributed by atoms with Crippen molar-refractivity contribution in [2.75, 3.05) is 0 Å². The Morgan fingerprint density at radius 2 is 1.85 bits per heavy atom. The topological polar surface area (TPSA) is 42.3 Å². The lowest BCUT2D eigenvalue weighted by molar-refractivity contribution is 0.395. The Hall–Kier alpha value is -1.89. The Balaban J connectivity index is 1.69. The number of aromatic nitrogens is 1. The van der Waals surface area contributed by atoms with E-state index in [2.05, 4.69) is 0 Å². The van der Waals surface area contributed by atoms with E-state index in [1.807, 2.05) is 59.6 Å². The first-order valence-electron chi connectivity index (χ1n) is 9.28. The number of hydrogen-bond donors (Lipinski definition) is 0. The van der Waals surface area contributed by atoms with Crippen LogP contribution in [0.1, 0.15) is 34.5 Å². The number of hydrogen-bond acceptors (Lipinski definition) is 3. The van der Waals surface area contributed by atoms with Crippen LogP contribution >= 0.6 is 11.3 Å². The van der Waals surface area contributed by atoms with Crippen molar-refractivity contribution in [2.45, 2.75) is 43.7 Å². The van der Waals surface area contributed by atoms with Gasteiger partial charge in [0, 0.05) is 30.4 Å². The van der Waals surface area contributed by atoms with Crippen LogP contribution in [0.5, 0.6) is 0 Å². The minimum Gasteiger partial charge on any atom is -0.353 e. The second-order valence-corrected chi connectivity index (χ2v) is 10.1. The molecular weight excluding hydrogens is 376 g/mol. The van der Waals surface area contributed by atoms with E-state index in [0.717, 1.165) is 29.8 Å². The molecule has 142 valence electrons. The maximum absolute atomic E-state index is 13.5. The van der Waals surface area contributed by atoms with E-state index in [0.29, 0.717) is 18.0 Å². The molecule has 0 atom stereocenters. The summed E-state index contributed by atoms with van der Waals surface area (Å²) in [6.45, 7) is 0.753. The predicted molar refractivity (Wildman–Crippen MR) is 109 cm³/mol. The standard InChI is InChI=1S/C21H24N2O2S2/c1-22-12-4-8-19(22)15-23(16-20-9-5-13-26-20)27(24,25)21-11-10-17-6-2-3-7-18(17)14-21/h4-5,8-14H,2-3,6-7,15-16H2,1H3. The molecule has 0 N–H and O–H groups in total. The molecule has 1 aliphatic rings. The Labute approximate surface area is 165 Å². The molecule has 0 fully saturated rings. The molecule has 1 aromatic carbocycles. The molecule has 0 amide bonds. The second-order valence-electron chi connectivity index (χ2n) is 7.10. The fraction of sp³-hybridized carbons (Fsp3) is 0.333.